The maximum absolute atomic E-state index is 12.5. The number of fused-ring (bicyclic) bond motifs is 3. The number of aryl methyl sites for hydroxylation is 2. The molecule has 5 nitrogen and oxygen atoms in total. The lowest BCUT2D eigenvalue weighted by Crippen LogP contribution is -2.20. The van der Waals surface area contributed by atoms with Crippen LogP contribution in [0, 0.1) is 6.92 Å². The third-order valence-electron chi connectivity index (χ3n) is 4.21. The second-order valence-electron chi connectivity index (χ2n) is 5.71. The molecule has 0 amide bonds. The Hall–Kier alpha value is -2.60. The van der Waals surface area contributed by atoms with Crippen LogP contribution in [0.15, 0.2) is 58.5 Å². The van der Waals surface area contributed by atoms with Crippen molar-refractivity contribution in [1.82, 2.24) is 19.2 Å². The summed E-state index contributed by atoms with van der Waals surface area (Å²) in [5.74, 6) is 1.37. The van der Waals surface area contributed by atoms with Crippen LogP contribution in [0.2, 0.25) is 0 Å². The van der Waals surface area contributed by atoms with Gasteiger partial charge in [0, 0.05) is 12.8 Å². The molecule has 0 unspecified atom stereocenters. The normalized spacial score (nSPS) is 11.4. The number of para-hydroxylation sites is 1. The SMILES string of the molecule is Cc1ccccc1CSc1nnc2n(C)c(=O)c3ccccc3n12. The molecule has 0 spiro atoms. The Bertz CT molecular complexity index is 1110. The van der Waals surface area contributed by atoms with Crippen molar-refractivity contribution in [1.29, 1.82) is 0 Å². The van der Waals surface area contributed by atoms with E-state index in [9.17, 15) is 4.79 Å². The van der Waals surface area contributed by atoms with E-state index in [1.807, 2.05) is 40.8 Å². The Morgan fingerprint density at radius 2 is 1.79 bits per heavy atom. The summed E-state index contributed by atoms with van der Waals surface area (Å²) in [6.45, 7) is 2.11. The van der Waals surface area contributed by atoms with Crippen LogP contribution in [0.3, 0.4) is 0 Å². The summed E-state index contributed by atoms with van der Waals surface area (Å²) in [4.78, 5) is 12.5. The highest BCUT2D eigenvalue weighted by Crippen LogP contribution is 2.25. The van der Waals surface area contributed by atoms with E-state index in [-0.39, 0.29) is 5.56 Å². The summed E-state index contributed by atoms with van der Waals surface area (Å²) >= 11 is 1.63. The van der Waals surface area contributed by atoms with E-state index in [0.29, 0.717) is 11.2 Å². The maximum atomic E-state index is 12.5. The van der Waals surface area contributed by atoms with E-state index in [4.69, 9.17) is 0 Å². The molecule has 0 aliphatic rings. The largest absolute Gasteiger partial charge is 0.279 e. The van der Waals surface area contributed by atoms with Crippen LogP contribution < -0.4 is 5.56 Å². The second kappa shape index (κ2) is 5.79. The van der Waals surface area contributed by atoms with Gasteiger partial charge in [-0.05, 0) is 30.2 Å². The van der Waals surface area contributed by atoms with Crippen LogP contribution in [-0.2, 0) is 12.8 Å². The Kier molecular flexibility index (Phi) is 3.61. The van der Waals surface area contributed by atoms with Crippen LogP contribution in [0.4, 0.5) is 0 Å². The molecule has 0 N–H and O–H groups in total. The zero-order valence-corrected chi connectivity index (χ0v) is 14.2. The highest BCUT2D eigenvalue weighted by molar-refractivity contribution is 7.98. The molecule has 0 saturated heterocycles. The monoisotopic (exact) mass is 336 g/mol. The quantitative estimate of drug-likeness (QED) is 0.539. The topological polar surface area (TPSA) is 52.2 Å². The zero-order valence-electron chi connectivity index (χ0n) is 13.4. The molecule has 24 heavy (non-hydrogen) atoms. The summed E-state index contributed by atoms with van der Waals surface area (Å²) in [7, 11) is 1.73. The number of aromatic nitrogens is 4. The van der Waals surface area contributed by atoms with Crippen LogP contribution in [0.5, 0.6) is 0 Å². The van der Waals surface area contributed by atoms with Gasteiger partial charge in [-0.2, -0.15) is 0 Å². The first kappa shape index (κ1) is 15.0. The first-order valence-corrected chi connectivity index (χ1v) is 8.65. The molecule has 6 heteroatoms. The number of thioether (sulfide) groups is 1. The first-order chi connectivity index (χ1) is 11.7. The summed E-state index contributed by atoms with van der Waals surface area (Å²) in [6.07, 6.45) is 0. The molecule has 0 saturated carbocycles. The third-order valence-corrected chi connectivity index (χ3v) is 5.19. The maximum Gasteiger partial charge on any atom is 0.262 e. The van der Waals surface area contributed by atoms with Gasteiger partial charge in [-0.1, -0.05) is 48.2 Å². The molecular formula is C18H16N4OS. The van der Waals surface area contributed by atoms with Crippen molar-refractivity contribution in [2.24, 2.45) is 7.05 Å². The Morgan fingerprint density at radius 1 is 1.04 bits per heavy atom. The van der Waals surface area contributed by atoms with E-state index in [1.165, 1.54) is 11.1 Å². The summed E-state index contributed by atoms with van der Waals surface area (Å²) in [6, 6.07) is 15.9. The smallest absolute Gasteiger partial charge is 0.262 e. The first-order valence-electron chi connectivity index (χ1n) is 7.67. The van der Waals surface area contributed by atoms with Crippen LogP contribution in [0.25, 0.3) is 16.7 Å². The number of benzene rings is 2. The fraction of sp³-hybridized carbons (Fsp3) is 0.167. The van der Waals surface area contributed by atoms with Gasteiger partial charge in [-0.25, -0.2) is 0 Å². The molecule has 0 bridgehead atoms. The number of nitrogens with zero attached hydrogens (tertiary/aromatic N) is 4. The Balaban J connectivity index is 1.85. The lowest BCUT2D eigenvalue weighted by atomic mass is 10.1. The molecule has 2 aromatic carbocycles. The zero-order chi connectivity index (χ0) is 16.7. The second-order valence-corrected chi connectivity index (χ2v) is 6.66. The Labute approximate surface area is 143 Å². The van der Waals surface area contributed by atoms with Gasteiger partial charge in [0.05, 0.1) is 10.9 Å². The van der Waals surface area contributed by atoms with Gasteiger partial charge in [0.25, 0.3) is 5.56 Å². The van der Waals surface area contributed by atoms with Crippen molar-refractivity contribution < 1.29 is 0 Å². The Morgan fingerprint density at radius 3 is 2.62 bits per heavy atom. The van der Waals surface area contributed by atoms with Gasteiger partial charge < -0.3 is 0 Å². The highest BCUT2D eigenvalue weighted by Gasteiger charge is 2.14. The van der Waals surface area contributed by atoms with Crippen LogP contribution in [-0.4, -0.2) is 19.2 Å². The molecule has 2 heterocycles. The third kappa shape index (κ3) is 2.30. The van der Waals surface area contributed by atoms with Crippen molar-refractivity contribution in [3.8, 4) is 0 Å². The minimum Gasteiger partial charge on any atom is -0.279 e. The van der Waals surface area contributed by atoms with Crippen molar-refractivity contribution in [2.45, 2.75) is 17.8 Å². The molecule has 4 rings (SSSR count). The van der Waals surface area contributed by atoms with Crippen molar-refractivity contribution in [2.75, 3.05) is 0 Å². The molecule has 4 aromatic rings. The summed E-state index contributed by atoms with van der Waals surface area (Å²) in [5.41, 5.74) is 3.32. The highest BCUT2D eigenvalue weighted by atomic mass is 32.2. The number of hydrogen-bond acceptors (Lipinski definition) is 4. The van der Waals surface area contributed by atoms with Crippen molar-refractivity contribution >= 4 is 28.4 Å². The number of rotatable bonds is 3. The average molecular weight is 336 g/mol. The molecule has 0 aliphatic carbocycles. The van der Waals surface area contributed by atoms with E-state index < -0.39 is 0 Å². The molecular weight excluding hydrogens is 320 g/mol. The molecule has 0 aliphatic heterocycles. The van der Waals surface area contributed by atoms with E-state index in [0.717, 1.165) is 16.4 Å². The lowest BCUT2D eigenvalue weighted by Gasteiger charge is -2.08. The fourth-order valence-electron chi connectivity index (χ4n) is 2.82. The minimum atomic E-state index is -0.0547. The molecule has 0 atom stereocenters. The molecule has 0 radical (unpaired) electrons. The minimum absolute atomic E-state index is 0.0547. The van der Waals surface area contributed by atoms with Crippen molar-refractivity contribution in [3.63, 3.8) is 0 Å². The van der Waals surface area contributed by atoms with Crippen molar-refractivity contribution in [3.05, 3.63) is 70.0 Å². The van der Waals surface area contributed by atoms with Gasteiger partial charge in [-0.3, -0.25) is 13.8 Å². The van der Waals surface area contributed by atoms with E-state index in [2.05, 4.69) is 29.3 Å². The summed E-state index contributed by atoms with van der Waals surface area (Å²) < 4.78 is 3.51. The van der Waals surface area contributed by atoms with E-state index >= 15 is 0 Å². The van der Waals surface area contributed by atoms with Gasteiger partial charge in [-0.15, -0.1) is 10.2 Å². The van der Waals surface area contributed by atoms with Gasteiger partial charge in [0.2, 0.25) is 5.78 Å². The van der Waals surface area contributed by atoms with Gasteiger partial charge in [0.1, 0.15) is 0 Å². The molecule has 0 fully saturated rings. The van der Waals surface area contributed by atoms with Gasteiger partial charge >= 0.3 is 0 Å². The predicted molar refractivity (Wildman–Crippen MR) is 96.5 cm³/mol. The fourth-order valence-corrected chi connectivity index (χ4v) is 3.84. The van der Waals surface area contributed by atoms with Crippen LogP contribution in [0.1, 0.15) is 11.1 Å². The number of hydrogen-bond donors (Lipinski definition) is 0. The van der Waals surface area contributed by atoms with E-state index in [1.54, 1.807) is 23.4 Å². The molecule has 2 aromatic heterocycles. The molecule has 120 valence electrons. The van der Waals surface area contributed by atoms with Gasteiger partial charge in [0.15, 0.2) is 5.16 Å². The summed E-state index contributed by atoms with van der Waals surface area (Å²) in [5, 5.41) is 9.99. The standard InChI is InChI=1S/C18H16N4OS/c1-12-7-3-4-8-13(12)11-24-18-20-19-17-21(2)16(23)14-9-5-6-10-15(14)22(17)18/h3-10H,11H2,1-2H3. The average Bonchev–Trinajstić information content (AvgIpc) is 3.03. The predicted octanol–water partition coefficient (Wildman–Crippen LogP) is 3.18. The lowest BCUT2D eigenvalue weighted by molar-refractivity contribution is 0.853. The van der Waals surface area contributed by atoms with Crippen LogP contribution >= 0.6 is 11.8 Å².